The van der Waals surface area contributed by atoms with Gasteiger partial charge in [0, 0.05) is 5.56 Å². The van der Waals surface area contributed by atoms with Crippen molar-refractivity contribution in [1.29, 1.82) is 0 Å². The van der Waals surface area contributed by atoms with Gasteiger partial charge in [-0.25, -0.2) is 0 Å². The van der Waals surface area contributed by atoms with Gasteiger partial charge in [-0.05, 0) is 43.2 Å². The first-order valence-electron chi connectivity index (χ1n) is 6.86. The Morgan fingerprint density at radius 2 is 1.90 bits per heavy atom. The molecule has 4 nitrogen and oxygen atoms in total. The first-order chi connectivity index (χ1) is 10.2. The fourth-order valence-corrected chi connectivity index (χ4v) is 1.99. The number of hydrogen-bond donors (Lipinski definition) is 1. The monoisotopic (exact) mass is 285 g/mol. The summed E-state index contributed by atoms with van der Waals surface area (Å²) < 4.78 is 11.4. The van der Waals surface area contributed by atoms with Gasteiger partial charge in [-0.1, -0.05) is 29.4 Å². The predicted octanol–water partition coefficient (Wildman–Crippen LogP) is 3.78. The molecular weight excluding hydrogens is 266 g/mol. The number of nitrogens with zero attached hydrogens (tertiary/aromatic N) is 1. The summed E-state index contributed by atoms with van der Waals surface area (Å²) >= 11 is 0. The van der Waals surface area contributed by atoms with Crippen LogP contribution >= 0.6 is 0 Å². The third-order valence-corrected chi connectivity index (χ3v) is 3.12. The van der Waals surface area contributed by atoms with E-state index in [1.54, 1.807) is 6.07 Å². The van der Waals surface area contributed by atoms with Crippen LogP contribution in [-0.4, -0.2) is 18.0 Å². The second kappa shape index (κ2) is 7.33. The number of rotatable bonds is 6. The molecule has 2 aromatic rings. The van der Waals surface area contributed by atoms with E-state index in [0.29, 0.717) is 24.7 Å². The lowest BCUT2D eigenvalue weighted by molar-refractivity contribution is 0.269. The molecule has 0 amide bonds. The minimum atomic E-state index is 0.486. The SMILES string of the molecule is CCOc1cc(/C=N/O)ccc1OCc1ccccc1C. The van der Waals surface area contributed by atoms with E-state index in [0.717, 1.165) is 11.1 Å². The number of ether oxygens (including phenoxy) is 2. The van der Waals surface area contributed by atoms with Gasteiger partial charge in [0.2, 0.25) is 0 Å². The van der Waals surface area contributed by atoms with Gasteiger partial charge in [0.15, 0.2) is 11.5 Å². The lowest BCUT2D eigenvalue weighted by atomic mass is 10.1. The summed E-state index contributed by atoms with van der Waals surface area (Å²) in [7, 11) is 0. The lowest BCUT2D eigenvalue weighted by Crippen LogP contribution is -2.01. The third-order valence-electron chi connectivity index (χ3n) is 3.12. The highest BCUT2D eigenvalue weighted by molar-refractivity contribution is 5.80. The maximum absolute atomic E-state index is 8.59. The first kappa shape index (κ1) is 14.9. The van der Waals surface area contributed by atoms with Crippen LogP contribution in [0.15, 0.2) is 47.6 Å². The van der Waals surface area contributed by atoms with Crippen molar-refractivity contribution in [1.82, 2.24) is 0 Å². The largest absolute Gasteiger partial charge is 0.490 e. The van der Waals surface area contributed by atoms with Gasteiger partial charge in [-0.3, -0.25) is 0 Å². The Bertz CT molecular complexity index is 623. The van der Waals surface area contributed by atoms with E-state index >= 15 is 0 Å². The van der Waals surface area contributed by atoms with Crippen LogP contribution in [0.2, 0.25) is 0 Å². The van der Waals surface area contributed by atoms with Crippen molar-refractivity contribution in [3.8, 4) is 11.5 Å². The quantitative estimate of drug-likeness (QED) is 0.499. The number of hydrogen-bond acceptors (Lipinski definition) is 4. The molecule has 0 saturated heterocycles. The summed E-state index contributed by atoms with van der Waals surface area (Å²) in [5.41, 5.74) is 3.09. The molecule has 1 N–H and O–H groups in total. The van der Waals surface area contributed by atoms with E-state index < -0.39 is 0 Å². The topological polar surface area (TPSA) is 51.0 Å². The molecule has 4 heteroatoms. The fraction of sp³-hybridized carbons (Fsp3) is 0.235. The van der Waals surface area contributed by atoms with E-state index in [2.05, 4.69) is 18.1 Å². The summed E-state index contributed by atoms with van der Waals surface area (Å²) in [6.45, 7) is 5.00. The van der Waals surface area contributed by atoms with Crippen molar-refractivity contribution in [3.63, 3.8) is 0 Å². The molecular formula is C17H19NO3. The molecule has 0 aliphatic heterocycles. The van der Waals surface area contributed by atoms with Gasteiger partial charge in [-0.2, -0.15) is 0 Å². The van der Waals surface area contributed by atoms with E-state index in [4.69, 9.17) is 14.7 Å². The van der Waals surface area contributed by atoms with Gasteiger partial charge in [0.05, 0.1) is 12.8 Å². The van der Waals surface area contributed by atoms with Gasteiger partial charge < -0.3 is 14.7 Å². The van der Waals surface area contributed by atoms with Crippen molar-refractivity contribution in [3.05, 3.63) is 59.2 Å². The second-order valence-corrected chi connectivity index (χ2v) is 4.60. The zero-order chi connectivity index (χ0) is 15.1. The van der Waals surface area contributed by atoms with Crippen molar-refractivity contribution in [2.45, 2.75) is 20.5 Å². The highest BCUT2D eigenvalue weighted by atomic mass is 16.5. The molecule has 110 valence electrons. The van der Waals surface area contributed by atoms with E-state index in [1.807, 2.05) is 37.3 Å². The Labute approximate surface area is 124 Å². The average molecular weight is 285 g/mol. The first-order valence-corrected chi connectivity index (χ1v) is 6.86. The van der Waals surface area contributed by atoms with Crippen molar-refractivity contribution < 1.29 is 14.7 Å². The van der Waals surface area contributed by atoms with Crippen molar-refractivity contribution >= 4 is 6.21 Å². The summed E-state index contributed by atoms with van der Waals surface area (Å²) in [4.78, 5) is 0. The molecule has 21 heavy (non-hydrogen) atoms. The summed E-state index contributed by atoms with van der Waals surface area (Å²) in [6, 6.07) is 13.5. The molecule has 0 spiro atoms. The molecule has 0 atom stereocenters. The van der Waals surface area contributed by atoms with Gasteiger partial charge in [-0.15, -0.1) is 0 Å². The van der Waals surface area contributed by atoms with Crippen LogP contribution < -0.4 is 9.47 Å². The highest BCUT2D eigenvalue weighted by Gasteiger charge is 2.07. The molecule has 0 bridgehead atoms. The Morgan fingerprint density at radius 1 is 1.10 bits per heavy atom. The molecule has 0 saturated carbocycles. The fourth-order valence-electron chi connectivity index (χ4n) is 1.99. The van der Waals surface area contributed by atoms with Crippen LogP contribution in [0.25, 0.3) is 0 Å². The van der Waals surface area contributed by atoms with Crippen molar-refractivity contribution in [2.24, 2.45) is 5.16 Å². The standard InChI is InChI=1S/C17H19NO3/c1-3-20-17-10-14(11-18-19)8-9-16(17)21-12-15-7-5-4-6-13(15)2/h4-11,19H,3,12H2,1-2H3/b18-11+. The number of aryl methyl sites for hydroxylation is 1. The van der Waals surface area contributed by atoms with Crippen LogP contribution in [0.5, 0.6) is 11.5 Å². The predicted molar refractivity (Wildman–Crippen MR) is 82.5 cm³/mol. The second-order valence-electron chi connectivity index (χ2n) is 4.60. The molecule has 0 fully saturated rings. The minimum absolute atomic E-state index is 0.486. The molecule has 0 aromatic heterocycles. The number of oxime groups is 1. The molecule has 0 unspecified atom stereocenters. The van der Waals surface area contributed by atoms with Crippen LogP contribution in [0, 0.1) is 6.92 Å². The smallest absolute Gasteiger partial charge is 0.161 e. The normalized spacial score (nSPS) is 10.8. The molecule has 0 aliphatic rings. The average Bonchev–Trinajstić information content (AvgIpc) is 2.49. The highest BCUT2D eigenvalue weighted by Crippen LogP contribution is 2.29. The Balaban J connectivity index is 2.17. The van der Waals surface area contributed by atoms with Gasteiger partial charge in [0.25, 0.3) is 0 Å². The lowest BCUT2D eigenvalue weighted by Gasteiger charge is -2.13. The van der Waals surface area contributed by atoms with Crippen LogP contribution in [-0.2, 0) is 6.61 Å². The van der Waals surface area contributed by atoms with Gasteiger partial charge in [0.1, 0.15) is 6.61 Å². The van der Waals surface area contributed by atoms with E-state index in [9.17, 15) is 0 Å². The molecule has 0 radical (unpaired) electrons. The van der Waals surface area contributed by atoms with Crippen LogP contribution in [0.4, 0.5) is 0 Å². The Kier molecular flexibility index (Phi) is 5.21. The Morgan fingerprint density at radius 3 is 2.62 bits per heavy atom. The zero-order valence-corrected chi connectivity index (χ0v) is 12.2. The molecule has 0 heterocycles. The third kappa shape index (κ3) is 3.99. The van der Waals surface area contributed by atoms with E-state index in [-0.39, 0.29) is 0 Å². The summed E-state index contributed by atoms with van der Waals surface area (Å²) in [6.07, 6.45) is 1.35. The summed E-state index contributed by atoms with van der Waals surface area (Å²) in [5.74, 6) is 1.32. The van der Waals surface area contributed by atoms with E-state index in [1.165, 1.54) is 11.8 Å². The molecule has 0 aliphatic carbocycles. The maximum atomic E-state index is 8.59. The van der Waals surface area contributed by atoms with Crippen molar-refractivity contribution in [2.75, 3.05) is 6.61 Å². The minimum Gasteiger partial charge on any atom is -0.490 e. The van der Waals surface area contributed by atoms with Crippen LogP contribution in [0.3, 0.4) is 0 Å². The maximum Gasteiger partial charge on any atom is 0.161 e. The Hall–Kier alpha value is -2.49. The molecule has 2 rings (SSSR count). The summed E-state index contributed by atoms with van der Waals surface area (Å²) in [5, 5.41) is 11.6. The zero-order valence-electron chi connectivity index (χ0n) is 12.2. The van der Waals surface area contributed by atoms with Gasteiger partial charge >= 0.3 is 0 Å². The van der Waals surface area contributed by atoms with Crippen LogP contribution in [0.1, 0.15) is 23.6 Å². The number of benzene rings is 2. The molecule has 2 aromatic carbocycles.